The topological polar surface area (TPSA) is 47.6 Å². The van der Waals surface area contributed by atoms with Gasteiger partial charge in [0.15, 0.2) is 11.5 Å². The van der Waals surface area contributed by atoms with Crippen molar-refractivity contribution in [3.8, 4) is 11.5 Å². The highest BCUT2D eigenvalue weighted by atomic mass is 16.5. The average Bonchev–Trinajstić information content (AvgIpc) is 2.37. The number of carbonyl (C=O) groups excluding carboxylic acids is 1. The van der Waals surface area contributed by atoms with Crippen LogP contribution in [-0.4, -0.2) is 27.2 Å². The first-order valence-electron chi connectivity index (χ1n) is 5.54. The van der Waals surface area contributed by atoms with Crippen LogP contribution >= 0.6 is 0 Å². The average molecular weight is 237 g/mol. The van der Waals surface area contributed by atoms with Crippen molar-refractivity contribution in [2.24, 2.45) is 0 Å². The van der Waals surface area contributed by atoms with E-state index in [2.05, 4.69) is 5.32 Å². The largest absolute Gasteiger partial charge is 0.493 e. The first-order chi connectivity index (χ1) is 8.12. The molecule has 17 heavy (non-hydrogen) atoms. The molecule has 0 saturated carbocycles. The van der Waals surface area contributed by atoms with E-state index in [0.29, 0.717) is 17.9 Å². The number of carbonyl (C=O) groups is 1. The highest BCUT2D eigenvalue weighted by Crippen LogP contribution is 2.31. The van der Waals surface area contributed by atoms with Crippen LogP contribution in [0.1, 0.15) is 24.8 Å². The third kappa shape index (κ3) is 3.37. The molecule has 1 unspecified atom stereocenters. The molecule has 0 aliphatic rings. The van der Waals surface area contributed by atoms with Gasteiger partial charge in [-0.15, -0.1) is 0 Å². The summed E-state index contributed by atoms with van der Waals surface area (Å²) in [4.78, 5) is 11.3. The maximum absolute atomic E-state index is 11.3. The zero-order valence-electron chi connectivity index (χ0n) is 10.7. The molecule has 0 aliphatic heterocycles. The Morgan fingerprint density at radius 2 is 1.94 bits per heavy atom. The van der Waals surface area contributed by atoms with Crippen LogP contribution in [0.4, 0.5) is 0 Å². The van der Waals surface area contributed by atoms with Crippen molar-refractivity contribution in [3.05, 3.63) is 23.8 Å². The number of nitrogens with one attached hydrogen (secondary N) is 1. The third-order valence-electron chi connectivity index (χ3n) is 2.75. The molecule has 0 aliphatic carbocycles. The van der Waals surface area contributed by atoms with Gasteiger partial charge in [-0.25, -0.2) is 0 Å². The third-order valence-corrected chi connectivity index (χ3v) is 2.75. The Morgan fingerprint density at radius 1 is 1.29 bits per heavy atom. The SMILES string of the molecule is CNC(=O)CC(C)c1ccc(OC)c(OC)c1. The van der Waals surface area contributed by atoms with E-state index >= 15 is 0 Å². The van der Waals surface area contributed by atoms with E-state index in [4.69, 9.17) is 9.47 Å². The summed E-state index contributed by atoms with van der Waals surface area (Å²) in [7, 11) is 4.85. The van der Waals surface area contributed by atoms with Gasteiger partial charge < -0.3 is 14.8 Å². The first-order valence-corrected chi connectivity index (χ1v) is 5.54. The molecule has 0 saturated heterocycles. The standard InChI is InChI=1S/C13H19NO3/c1-9(7-13(15)14-2)10-5-6-11(16-3)12(8-10)17-4/h5-6,8-9H,7H2,1-4H3,(H,14,15). The van der Waals surface area contributed by atoms with Crippen molar-refractivity contribution < 1.29 is 14.3 Å². The second-order valence-corrected chi connectivity index (χ2v) is 3.89. The second-order valence-electron chi connectivity index (χ2n) is 3.89. The van der Waals surface area contributed by atoms with Crippen LogP contribution in [-0.2, 0) is 4.79 Å². The Bertz CT molecular complexity index is 390. The molecule has 0 bridgehead atoms. The second kappa shape index (κ2) is 6.13. The smallest absolute Gasteiger partial charge is 0.220 e. The Balaban J connectivity index is 2.87. The fourth-order valence-corrected chi connectivity index (χ4v) is 1.66. The number of hydrogen-bond acceptors (Lipinski definition) is 3. The number of ether oxygens (including phenoxy) is 2. The molecule has 0 radical (unpaired) electrons. The lowest BCUT2D eigenvalue weighted by molar-refractivity contribution is -0.120. The summed E-state index contributed by atoms with van der Waals surface area (Å²) in [6, 6.07) is 5.72. The van der Waals surface area contributed by atoms with Crippen LogP contribution in [0.5, 0.6) is 11.5 Å². The van der Waals surface area contributed by atoms with Crippen molar-refractivity contribution in [1.29, 1.82) is 0 Å². The van der Waals surface area contributed by atoms with Gasteiger partial charge in [0, 0.05) is 13.5 Å². The Kier molecular flexibility index (Phi) is 4.82. The summed E-state index contributed by atoms with van der Waals surface area (Å²) in [5.41, 5.74) is 1.06. The fourth-order valence-electron chi connectivity index (χ4n) is 1.66. The zero-order valence-corrected chi connectivity index (χ0v) is 10.7. The van der Waals surface area contributed by atoms with Gasteiger partial charge in [-0.2, -0.15) is 0 Å². The van der Waals surface area contributed by atoms with Crippen LogP contribution in [0.15, 0.2) is 18.2 Å². The van der Waals surface area contributed by atoms with Gasteiger partial charge in [-0.1, -0.05) is 13.0 Å². The number of rotatable bonds is 5. The maximum atomic E-state index is 11.3. The molecule has 1 aromatic carbocycles. The minimum Gasteiger partial charge on any atom is -0.493 e. The molecule has 0 fully saturated rings. The van der Waals surface area contributed by atoms with E-state index in [1.54, 1.807) is 21.3 Å². The summed E-state index contributed by atoms with van der Waals surface area (Å²) in [6.07, 6.45) is 0.464. The normalized spacial score (nSPS) is 11.8. The molecular formula is C13H19NO3. The van der Waals surface area contributed by atoms with E-state index in [-0.39, 0.29) is 11.8 Å². The van der Waals surface area contributed by atoms with E-state index in [0.717, 1.165) is 5.56 Å². The molecule has 4 nitrogen and oxygen atoms in total. The number of benzene rings is 1. The van der Waals surface area contributed by atoms with E-state index in [1.807, 2.05) is 25.1 Å². The summed E-state index contributed by atoms with van der Waals surface area (Å²) in [5.74, 6) is 1.57. The molecule has 1 atom stereocenters. The van der Waals surface area contributed by atoms with E-state index in [1.165, 1.54) is 0 Å². The Morgan fingerprint density at radius 3 is 2.47 bits per heavy atom. The Labute approximate surface area is 102 Å². The van der Waals surface area contributed by atoms with Gasteiger partial charge in [0.25, 0.3) is 0 Å². The molecule has 1 aromatic rings. The molecule has 0 spiro atoms. The van der Waals surface area contributed by atoms with Crippen LogP contribution in [0, 0.1) is 0 Å². The lowest BCUT2D eigenvalue weighted by atomic mass is 9.97. The van der Waals surface area contributed by atoms with Gasteiger partial charge in [-0.3, -0.25) is 4.79 Å². The number of amides is 1. The van der Waals surface area contributed by atoms with E-state index < -0.39 is 0 Å². The molecule has 1 amide bonds. The summed E-state index contributed by atoms with van der Waals surface area (Å²) in [6.45, 7) is 2.01. The molecule has 0 heterocycles. The monoisotopic (exact) mass is 237 g/mol. The highest BCUT2D eigenvalue weighted by molar-refractivity contribution is 5.76. The van der Waals surface area contributed by atoms with Crippen LogP contribution in [0.25, 0.3) is 0 Å². The quantitative estimate of drug-likeness (QED) is 0.851. The highest BCUT2D eigenvalue weighted by Gasteiger charge is 2.12. The summed E-state index contributed by atoms with van der Waals surface area (Å²) in [5, 5.41) is 2.62. The van der Waals surface area contributed by atoms with E-state index in [9.17, 15) is 4.79 Å². The van der Waals surface area contributed by atoms with Gasteiger partial charge in [0.05, 0.1) is 14.2 Å². The van der Waals surface area contributed by atoms with Crippen LogP contribution in [0.2, 0.25) is 0 Å². The molecule has 4 heteroatoms. The Hall–Kier alpha value is -1.71. The van der Waals surface area contributed by atoms with Crippen molar-refractivity contribution >= 4 is 5.91 Å². The van der Waals surface area contributed by atoms with Crippen molar-refractivity contribution in [2.45, 2.75) is 19.3 Å². The van der Waals surface area contributed by atoms with Gasteiger partial charge in [0.2, 0.25) is 5.91 Å². The zero-order chi connectivity index (χ0) is 12.8. The van der Waals surface area contributed by atoms with Crippen LogP contribution in [0.3, 0.4) is 0 Å². The molecule has 94 valence electrons. The lowest BCUT2D eigenvalue weighted by Gasteiger charge is -2.14. The lowest BCUT2D eigenvalue weighted by Crippen LogP contribution is -2.19. The molecular weight excluding hydrogens is 218 g/mol. The molecule has 1 N–H and O–H groups in total. The molecule has 0 aromatic heterocycles. The first kappa shape index (κ1) is 13.4. The predicted octanol–water partition coefficient (Wildman–Crippen LogP) is 1.94. The van der Waals surface area contributed by atoms with Gasteiger partial charge in [0.1, 0.15) is 0 Å². The summed E-state index contributed by atoms with van der Waals surface area (Å²) >= 11 is 0. The summed E-state index contributed by atoms with van der Waals surface area (Å²) < 4.78 is 10.4. The minimum absolute atomic E-state index is 0.0345. The minimum atomic E-state index is 0.0345. The van der Waals surface area contributed by atoms with Crippen molar-refractivity contribution in [3.63, 3.8) is 0 Å². The fraction of sp³-hybridized carbons (Fsp3) is 0.462. The van der Waals surface area contributed by atoms with Gasteiger partial charge >= 0.3 is 0 Å². The van der Waals surface area contributed by atoms with Crippen molar-refractivity contribution in [1.82, 2.24) is 5.32 Å². The van der Waals surface area contributed by atoms with Crippen molar-refractivity contribution in [2.75, 3.05) is 21.3 Å². The maximum Gasteiger partial charge on any atom is 0.220 e. The molecule has 1 rings (SSSR count). The number of hydrogen-bond donors (Lipinski definition) is 1. The van der Waals surface area contributed by atoms with Gasteiger partial charge in [-0.05, 0) is 23.6 Å². The van der Waals surface area contributed by atoms with Crippen LogP contribution < -0.4 is 14.8 Å². The predicted molar refractivity (Wildman–Crippen MR) is 66.6 cm³/mol. The number of methoxy groups -OCH3 is 2.